The van der Waals surface area contributed by atoms with Crippen molar-refractivity contribution in [2.45, 2.75) is 0 Å². The molecule has 0 aliphatic heterocycles. The van der Waals surface area contributed by atoms with Gasteiger partial charge in [-0.2, -0.15) is 0 Å². The van der Waals surface area contributed by atoms with Gasteiger partial charge >= 0.3 is 0 Å². The van der Waals surface area contributed by atoms with E-state index in [1.54, 1.807) is 6.07 Å². The second-order valence-electron chi connectivity index (χ2n) is 4.34. The third-order valence-electron chi connectivity index (χ3n) is 3.00. The first kappa shape index (κ1) is 12.8. The molecule has 0 aliphatic carbocycles. The van der Waals surface area contributed by atoms with Gasteiger partial charge < -0.3 is 0 Å². The molecule has 0 bridgehead atoms. The first-order valence-corrected chi connectivity index (χ1v) is 6.38. The van der Waals surface area contributed by atoms with Gasteiger partial charge in [-0.05, 0) is 30.3 Å². The van der Waals surface area contributed by atoms with Crippen LogP contribution >= 0.6 is 11.6 Å². The van der Waals surface area contributed by atoms with Crippen molar-refractivity contribution in [1.29, 1.82) is 0 Å². The quantitative estimate of drug-likeness (QED) is 0.659. The lowest BCUT2D eigenvalue weighted by molar-refractivity contribution is 0.103. The molecule has 4 heteroatoms. The number of pyridine rings is 1. The van der Waals surface area contributed by atoms with Gasteiger partial charge in [0.15, 0.2) is 0 Å². The van der Waals surface area contributed by atoms with Crippen LogP contribution in [0.15, 0.2) is 54.6 Å². The summed E-state index contributed by atoms with van der Waals surface area (Å²) < 4.78 is 13.2. The summed E-state index contributed by atoms with van der Waals surface area (Å²) in [4.78, 5) is 16.6. The van der Waals surface area contributed by atoms with Gasteiger partial charge in [0, 0.05) is 10.9 Å². The number of carbonyl (C=O) groups excluding carboxylic acids is 1. The molecule has 0 atom stereocenters. The topological polar surface area (TPSA) is 30.0 Å². The van der Waals surface area contributed by atoms with Gasteiger partial charge in [-0.25, -0.2) is 9.37 Å². The maximum absolute atomic E-state index is 13.2. The molecule has 1 heterocycles. The number of ketones is 1. The highest BCUT2D eigenvalue weighted by atomic mass is 35.5. The monoisotopic (exact) mass is 285 g/mol. The van der Waals surface area contributed by atoms with Crippen LogP contribution in [0.3, 0.4) is 0 Å². The van der Waals surface area contributed by atoms with Crippen molar-refractivity contribution < 1.29 is 9.18 Å². The number of fused-ring (bicyclic) bond motifs is 1. The summed E-state index contributed by atoms with van der Waals surface area (Å²) in [7, 11) is 0. The number of hydrogen-bond acceptors (Lipinski definition) is 2. The van der Waals surface area contributed by atoms with Crippen molar-refractivity contribution >= 4 is 28.3 Å². The molecule has 0 aliphatic rings. The van der Waals surface area contributed by atoms with Crippen LogP contribution in [0.1, 0.15) is 16.1 Å². The van der Waals surface area contributed by atoms with E-state index in [1.165, 1.54) is 12.1 Å². The van der Waals surface area contributed by atoms with Gasteiger partial charge in [0.25, 0.3) is 0 Å². The Bertz CT molecular complexity index is 816. The largest absolute Gasteiger partial charge is 0.287 e. The van der Waals surface area contributed by atoms with E-state index in [1.807, 2.05) is 30.3 Å². The summed E-state index contributed by atoms with van der Waals surface area (Å²) >= 11 is 5.94. The van der Waals surface area contributed by atoms with Crippen molar-refractivity contribution in [3.8, 4) is 0 Å². The van der Waals surface area contributed by atoms with Gasteiger partial charge in [0.1, 0.15) is 11.5 Å². The Labute approximate surface area is 119 Å². The molecular formula is C16H9ClFNO. The summed E-state index contributed by atoms with van der Waals surface area (Å²) in [5.74, 6) is -0.890. The zero-order chi connectivity index (χ0) is 14.1. The molecular weight excluding hydrogens is 277 g/mol. The van der Waals surface area contributed by atoms with E-state index < -0.39 is 5.82 Å². The predicted molar refractivity (Wildman–Crippen MR) is 76.6 cm³/mol. The number of rotatable bonds is 2. The number of nitrogens with zero attached hydrogens (tertiary/aromatic N) is 1. The fourth-order valence-corrected chi connectivity index (χ4v) is 2.21. The summed E-state index contributed by atoms with van der Waals surface area (Å²) in [5.41, 5.74) is 1.08. The van der Waals surface area contributed by atoms with E-state index in [0.29, 0.717) is 5.52 Å². The third kappa shape index (κ3) is 2.28. The maximum Gasteiger partial charge on any atom is 0.212 e. The summed E-state index contributed by atoms with van der Waals surface area (Å²) in [6.07, 6.45) is 0. The molecule has 98 valence electrons. The van der Waals surface area contributed by atoms with E-state index in [-0.39, 0.29) is 22.1 Å². The molecule has 2 aromatic carbocycles. The molecule has 0 saturated heterocycles. The number of benzene rings is 2. The predicted octanol–water partition coefficient (Wildman–Crippen LogP) is 4.26. The van der Waals surface area contributed by atoms with E-state index >= 15 is 0 Å². The number of halogens is 2. The summed E-state index contributed by atoms with van der Waals surface area (Å²) in [6, 6.07) is 14.6. The lowest BCUT2D eigenvalue weighted by atomic mass is 10.1. The lowest BCUT2D eigenvalue weighted by Crippen LogP contribution is -2.05. The number of carbonyl (C=O) groups is 1. The van der Waals surface area contributed by atoms with Crippen molar-refractivity contribution in [2.24, 2.45) is 0 Å². The number of para-hydroxylation sites is 1. The molecule has 2 nitrogen and oxygen atoms in total. The second-order valence-corrected chi connectivity index (χ2v) is 4.75. The highest BCUT2D eigenvalue weighted by Crippen LogP contribution is 2.21. The van der Waals surface area contributed by atoms with E-state index in [0.717, 1.165) is 11.5 Å². The average Bonchev–Trinajstić information content (AvgIpc) is 2.48. The molecule has 0 radical (unpaired) electrons. The Morgan fingerprint density at radius 2 is 1.85 bits per heavy atom. The van der Waals surface area contributed by atoms with Crippen LogP contribution in [0, 0.1) is 5.82 Å². The normalized spacial score (nSPS) is 10.7. The van der Waals surface area contributed by atoms with Crippen LogP contribution in [0.5, 0.6) is 0 Å². The van der Waals surface area contributed by atoms with Crippen molar-refractivity contribution in [2.75, 3.05) is 0 Å². The van der Waals surface area contributed by atoms with E-state index in [9.17, 15) is 9.18 Å². The third-order valence-corrected chi connectivity index (χ3v) is 3.33. The van der Waals surface area contributed by atoms with E-state index in [2.05, 4.69) is 4.98 Å². The van der Waals surface area contributed by atoms with Gasteiger partial charge in [-0.15, -0.1) is 0 Å². The van der Waals surface area contributed by atoms with Crippen LogP contribution in [-0.4, -0.2) is 10.8 Å². The molecule has 0 saturated carbocycles. The minimum Gasteiger partial charge on any atom is -0.287 e. The van der Waals surface area contributed by atoms with Crippen LogP contribution in [0.25, 0.3) is 10.9 Å². The van der Waals surface area contributed by atoms with Crippen LogP contribution < -0.4 is 0 Å². The fraction of sp³-hybridized carbons (Fsp3) is 0. The van der Waals surface area contributed by atoms with Gasteiger partial charge in [0.2, 0.25) is 5.78 Å². The SMILES string of the molecule is O=C(c1ccc2ccccc2n1)c1cc(F)ccc1Cl. The van der Waals surface area contributed by atoms with Crippen molar-refractivity contribution in [1.82, 2.24) is 4.98 Å². The zero-order valence-corrected chi connectivity index (χ0v) is 11.1. The first-order chi connectivity index (χ1) is 9.65. The lowest BCUT2D eigenvalue weighted by Gasteiger charge is -2.04. The maximum atomic E-state index is 13.2. The van der Waals surface area contributed by atoms with Crippen LogP contribution in [-0.2, 0) is 0 Å². The molecule has 0 N–H and O–H groups in total. The van der Waals surface area contributed by atoms with Gasteiger partial charge in [-0.3, -0.25) is 4.79 Å². The molecule has 0 unspecified atom stereocenters. The van der Waals surface area contributed by atoms with E-state index in [4.69, 9.17) is 11.6 Å². The Balaban J connectivity index is 2.10. The fourth-order valence-electron chi connectivity index (χ4n) is 2.00. The minimum atomic E-state index is -0.501. The molecule has 3 aromatic rings. The van der Waals surface area contributed by atoms with Crippen molar-refractivity contribution in [3.63, 3.8) is 0 Å². The molecule has 1 aromatic heterocycles. The Morgan fingerprint density at radius 1 is 1.05 bits per heavy atom. The summed E-state index contributed by atoms with van der Waals surface area (Å²) in [5, 5.41) is 1.15. The number of hydrogen-bond donors (Lipinski definition) is 0. The average molecular weight is 286 g/mol. The first-order valence-electron chi connectivity index (χ1n) is 6.01. The second kappa shape index (κ2) is 5.02. The van der Waals surface area contributed by atoms with Crippen LogP contribution in [0.4, 0.5) is 4.39 Å². The summed E-state index contributed by atoms with van der Waals surface area (Å²) in [6.45, 7) is 0. The Kier molecular flexibility index (Phi) is 3.20. The Morgan fingerprint density at radius 3 is 2.70 bits per heavy atom. The highest BCUT2D eigenvalue weighted by Gasteiger charge is 2.15. The van der Waals surface area contributed by atoms with Gasteiger partial charge in [0.05, 0.1) is 10.5 Å². The van der Waals surface area contributed by atoms with Crippen molar-refractivity contribution in [3.05, 3.63) is 76.7 Å². The highest BCUT2D eigenvalue weighted by molar-refractivity contribution is 6.34. The standard InChI is InChI=1S/C16H9ClFNO/c17-13-7-6-11(18)9-12(13)16(20)15-8-5-10-3-1-2-4-14(10)19-15/h1-9H. The molecule has 3 rings (SSSR count). The minimum absolute atomic E-state index is 0.120. The van der Waals surface area contributed by atoms with Gasteiger partial charge in [-0.1, -0.05) is 35.9 Å². The smallest absolute Gasteiger partial charge is 0.212 e. The molecule has 0 fully saturated rings. The Hall–Kier alpha value is -2.26. The number of aromatic nitrogens is 1. The molecule has 0 spiro atoms. The molecule has 0 amide bonds. The molecule has 20 heavy (non-hydrogen) atoms. The zero-order valence-electron chi connectivity index (χ0n) is 10.3. The van der Waals surface area contributed by atoms with Crippen LogP contribution in [0.2, 0.25) is 5.02 Å².